The maximum absolute atomic E-state index is 12.1. The third-order valence-corrected chi connectivity index (χ3v) is 4.06. The molecule has 3 rings (SSSR count). The minimum absolute atomic E-state index is 0.0527. The molecule has 0 radical (unpaired) electrons. The Morgan fingerprint density at radius 2 is 1.88 bits per heavy atom. The van der Waals surface area contributed by atoms with Gasteiger partial charge in [-0.15, -0.1) is 0 Å². The molecule has 1 heterocycles. The quantitative estimate of drug-likeness (QED) is 0.666. The molecule has 0 aliphatic rings. The van der Waals surface area contributed by atoms with Crippen molar-refractivity contribution in [3.63, 3.8) is 0 Å². The Hall–Kier alpha value is -2.82. The summed E-state index contributed by atoms with van der Waals surface area (Å²) < 4.78 is 0. The largest absolute Gasteiger partial charge is 0.340 e. The van der Waals surface area contributed by atoms with Crippen molar-refractivity contribution < 1.29 is 4.79 Å². The predicted octanol–water partition coefficient (Wildman–Crippen LogP) is 3.61. The molecule has 0 saturated carbocycles. The third-order valence-electron chi connectivity index (χ3n) is 4.06. The van der Waals surface area contributed by atoms with Crippen molar-refractivity contribution in [2.45, 2.75) is 39.8 Å². The van der Waals surface area contributed by atoms with E-state index in [4.69, 9.17) is 0 Å². The van der Waals surface area contributed by atoms with Crippen molar-refractivity contribution in [1.82, 2.24) is 20.6 Å². The number of H-pyrrole nitrogens is 1. The van der Waals surface area contributed by atoms with Crippen LogP contribution in [0.25, 0.3) is 11.0 Å². The molecule has 0 aliphatic heterocycles. The fourth-order valence-corrected chi connectivity index (χ4v) is 3.12. The minimum atomic E-state index is -0.183. The van der Waals surface area contributed by atoms with E-state index in [2.05, 4.69) is 52.6 Å². The summed E-state index contributed by atoms with van der Waals surface area (Å²) in [4.78, 5) is 19.8. The molecule has 5 nitrogen and oxygen atoms in total. The van der Waals surface area contributed by atoms with E-state index in [1.807, 2.05) is 31.2 Å². The van der Waals surface area contributed by atoms with Crippen LogP contribution >= 0.6 is 0 Å². The van der Waals surface area contributed by atoms with Gasteiger partial charge in [0.2, 0.25) is 0 Å². The summed E-state index contributed by atoms with van der Waals surface area (Å²) in [6, 6.07) is 14.2. The van der Waals surface area contributed by atoms with Crippen molar-refractivity contribution in [2.75, 3.05) is 0 Å². The highest BCUT2D eigenvalue weighted by molar-refractivity contribution is 5.76. The Balaban J connectivity index is 1.51. The third kappa shape index (κ3) is 4.59. The number of urea groups is 1. The Morgan fingerprint density at radius 1 is 1.16 bits per heavy atom. The van der Waals surface area contributed by atoms with E-state index < -0.39 is 0 Å². The van der Waals surface area contributed by atoms with E-state index in [0.717, 1.165) is 23.3 Å². The van der Waals surface area contributed by atoms with Gasteiger partial charge in [0.15, 0.2) is 0 Å². The molecule has 2 amide bonds. The van der Waals surface area contributed by atoms with Crippen LogP contribution in [0.1, 0.15) is 29.4 Å². The van der Waals surface area contributed by atoms with Gasteiger partial charge < -0.3 is 15.6 Å². The van der Waals surface area contributed by atoms with E-state index in [9.17, 15) is 4.79 Å². The zero-order valence-corrected chi connectivity index (χ0v) is 14.9. The molecule has 25 heavy (non-hydrogen) atoms. The van der Waals surface area contributed by atoms with E-state index in [1.54, 1.807) is 0 Å². The van der Waals surface area contributed by atoms with Gasteiger partial charge in [0.1, 0.15) is 5.82 Å². The van der Waals surface area contributed by atoms with Crippen molar-refractivity contribution >= 4 is 17.1 Å². The number of amides is 2. The number of carbonyl (C=O) groups excluding carboxylic acids is 1. The monoisotopic (exact) mass is 336 g/mol. The van der Waals surface area contributed by atoms with E-state index >= 15 is 0 Å². The molecule has 130 valence electrons. The topological polar surface area (TPSA) is 69.8 Å². The fraction of sp³-hybridized carbons (Fsp3) is 0.300. The van der Waals surface area contributed by atoms with Crippen molar-refractivity contribution in [3.8, 4) is 0 Å². The first-order valence-corrected chi connectivity index (χ1v) is 8.55. The number of aryl methyl sites for hydroxylation is 2. The van der Waals surface area contributed by atoms with Gasteiger partial charge in [0.05, 0.1) is 17.6 Å². The molecule has 0 aliphatic carbocycles. The van der Waals surface area contributed by atoms with E-state index in [-0.39, 0.29) is 12.1 Å². The highest BCUT2D eigenvalue weighted by Crippen LogP contribution is 2.11. The summed E-state index contributed by atoms with van der Waals surface area (Å²) in [5.74, 6) is 0.748. The second-order valence-corrected chi connectivity index (χ2v) is 6.63. The molecule has 3 N–H and O–H groups in total. The number of carbonyl (C=O) groups is 1. The lowest BCUT2D eigenvalue weighted by Gasteiger charge is -2.15. The molecule has 3 aromatic rings. The standard InChI is InChI=1S/C20H24N4O/c1-13-8-14(2)10-16(9-13)11-15(3)22-20(25)21-12-19-23-17-6-4-5-7-18(17)24-19/h4-10,15H,11-12H2,1-3H3,(H,23,24)(H2,21,22,25). The van der Waals surface area contributed by atoms with Crippen LogP contribution in [0.2, 0.25) is 0 Å². The maximum Gasteiger partial charge on any atom is 0.315 e. The molecule has 2 aromatic carbocycles. The number of rotatable bonds is 5. The lowest BCUT2D eigenvalue weighted by Crippen LogP contribution is -2.41. The molecule has 1 unspecified atom stereocenters. The minimum Gasteiger partial charge on any atom is -0.340 e. The van der Waals surface area contributed by atoms with E-state index in [1.165, 1.54) is 16.7 Å². The predicted molar refractivity (Wildman–Crippen MR) is 101 cm³/mol. The van der Waals surface area contributed by atoms with Crippen LogP contribution in [0.4, 0.5) is 4.79 Å². The van der Waals surface area contributed by atoms with Crippen molar-refractivity contribution in [2.24, 2.45) is 0 Å². The first-order valence-electron chi connectivity index (χ1n) is 8.55. The SMILES string of the molecule is Cc1cc(C)cc(CC(C)NC(=O)NCc2nc3ccccc3[nH]2)c1. The fourth-order valence-electron chi connectivity index (χ4n) is 3.12. The van der Waals surface area contributed by atoms with Crippen LogP contribution < -0.4 is 10.6 Å². The molecule has 0 saturated heterocycles. The summed E-state index contributed by atoms with van der Waals surface area (Å²) in [7, 11) is 0. The van der Waals surface area contributed by atoms with Gasteiger partial charge in [-0.05, 0) is 44.9 Å². The molecule has 1 aromatic heterocycles. The average Bonchev–Trinajstić information content (AvgIpc) is 2.94. The van der Waals surface area contributed by atoms with Gasteiger partial charge in [-0.1, -0.05) is 41.5 Å². The van der Waals surface area contributed by atoms with E-state index in [0.29, 0.717) is 6.54 Å². The zero-order chi connectivity index (χ0) is 17.8. The normalized spacial score (nSPS) is 12.1. The highest BCUT2D eigenvalue weighted by Gasteiger charge is 2.09. The number of hydrogen-bond donors (Lipinski definition) is 3. The van der Waals surface area contributed by atoms with Gasteiger partial charge in [-0.2, -0.15) is 0 Å². The van der Waals surface area contributed by atoms with Gasteiger partial charge in [0, 0.05) is 6.04 Å². The van der Waals surface area contributed by atoms with Gasteiger partial charge in [0.25, 0.3) is 0 Å². The molecular weight excluding hydrogens is 312 g/mol. The van der Waals surface area contributed by atoms with Crippen LogP contribution in [0.5, 0.6) is 0 Å². The van der Waals surface area contributed by atoms with Crippen LogP contribution in [0.15, 0.2) is 42.5 Å². The maximum atomic E-state index is 12.1. The number of aromatic nitrogens is 2. The Labute approximate surface area is 147 Å². The van der Waals surface area contributed by atoms with Crippen LogP contribution in [0.3, 0.4) is 0 Å². The Kier molecular flexibility index (Phi) is 5.03. The number of imidazole rings is 1. The number of para-hydroxylation sites is 2. The Morgan fingerprint density at radius 3 is 2.60 bits per heavy atom. The van der Waals surface area contributed by atoms with Crippen LogP contribution in [-0.4, -0.2) is 22.0 Å². The zero-order valence-electron chi connectivity index (χ0n) is 14.9. The van der Waals surface area contributed by atoms with Gasteiger partial charge in [-0.3, -0.25) is 0 Å². The number of nitrogens with one attached hydrogen (secondary N) is 3. The van der Waals surface area contributed by atoms with Gasteiger partial charge >= 0.3 is 6.03 Å². The second-order valence-electron chi connectivity index (χ2n) is 6.63. The summed E-state index contributed by atoms with van der Waals surface area (Å²) >= 11 is 0. The first-order chi connectivity index (χ1) is 12.0. The van der Waals surface area contributed by atoms with Crippen LogP contribution in [-0.2, 0) is 13.0 Å². The van der Waals surface area contributed by atoms with Crippen molar-refractivity contribution in [1.29, 1.82) is 0 Å². The second kappa shape index (κ2) is 7.38. The number of fused-ring (bicyclic) bond motifs is 1. The molecular formula is C20H24N4O. The summed E-state index contributed by atoms with van der Waals surface area (Å²) in [5.41, 5.74) is 5.61. The molecule has 0 fully saturated rings. The summed E-state index contributed by atoms with van der Waals surface area (Å²) in [6.07, 6.45) is 0.806. The number of aromatic amines is 1. The molecule has 0 spiro atoms. The lowest BCUT2D eigenvalue weighted by molar-refractivity contribution is 0.237. The highest BCUT2D eigenvalue weighted by atomic mass is 16.2. The van der Waals surface area contributed by atoms with Crippen LogP contribution in [0, 0.1) is 13.8 Å². The smallest absolute Gasteiger partial charge is 0.315 e. The lowest BCUT2D eigenvalue weighted by atomic mass is 10.0. The average molecular weight is 336 g/mol. The molecule has 5 heteroatoms. The number of benzene rings is 2. The van der Waals surface area contributed by atoms with Gasteiger partial charge in [-0.25, -0.2) is 9.78 Å². The Bertz CT molecular complexity index is 831. The molecule has 0 bridgehead atoms. The summed E-state index contributed by atoms with van der Waals surface area (Å²) in [5, 5.41) is 5.84. The number of nitrogens with zero attached hydrogens (tertiary/aromatic N) is 1. The number of hydrogen-bond acceptors (Lipinski definition) is 2. The molecule has 1 atom stereocenters. The van der Waals surface area contributed by atoms with Crippen molar-refractivity contribution in [3.05, 3.63) is 65.0 Å². The summed E-state index contributed by atoms with van der Waals surface area (Å²) in [6.45, 7) is 6.57. The first kappa shape index (κ1) is 17.0.